The van der Waals surface area contributed by atoms with Gasteiger partial charge in [0.05, 0.1) is 0 Å². The largest absolute Gasteiger partial charge is 0.462 e. The molecule has 6 nitrogen and oxygen atoms in total. The molecule has 0 aliphatic carbocycles. The molecule has 0 fully saturated rings. The second-order valence-corrected chi connectivity index (χ2v) is 21.7. The third-order valence-electron chi connectivity index (χ3n) is 14.6. The van der Waals surface area contributed by atoms with E-state index in [1.807, 2.05) is 0 Å². The molecule has 0 aromatic heterocycles. The molecule has 0 amide bonds. The van der Waals surface area contributed by atoms with Crippen LogP contribution in [-0.4, -0.2) is 37.2 Å². The number of ether oxygens (including phenoxy) is 3. The quantitative estimate of drug-likeness (QED) is 0.0343. The van der Waals surface area contributed by atoms with E-state index in [0.717, 1.165) is 57.8 Å². The van der Waals surface area contributed by atoms with E-state index >= 15 is 0 Å². The Labute approximate surface area is 431 Å². The predicted molar refractivity (Wildman–Crippen MR) is 298 cm³/mol. The maximum Gasteiger partial charge on any atom is 0.306 e. The van der Waals surface area contributed by atoms with Crippen LogP contribution in [0.25, 0.3) is 0 Å². The highest BCUT2D eigenvalue weighted by molar-refractivity contribution is 5.71. The van der Waals surface area contributed by atoms with Crippen molar-refractivity contribution in [2.24, 2.45) is 0 Å². The molecule has 0 saturated carbocycles. The van der Waals surface area contributed by atoms with Crippen LogP contribution in [0.2, 0.25) is 0 Å². The van der Waals surface area contributed by atoms with E-state index < -0.39 is 6.10 Å². The molecule has 0 saturated heterocycles. The summed E-state index contributed by atoms with van der Waals surface area (Å²) in [6.07, 6.45) is 67.4. The van der Waals surface area contributed by atoms with E-state index in [4.69, 9.17) is 14.2 Å². The van der Waals surface area contributed by atoms with E-state index in [0.29, 0.717) is 19.3 Å². The van der Waals surface area contributed by atoms with Crippen molar-refractivity contribution < 1.29 is 28.6 Å². The number of carbonyl (C=O) groups is 3. The number of esters is 3. The van der Waals surface area contributed by atoms with Crippen LogP contribution in [0.5, 0.6) is 0 Å². The summed E-state index contributed by atoms with van der Waals surface area (Å²) in [5.41, 5.74) is 0. The lowest BCUT2D eigenvalue weighted by Gasteiger charge is -2.18. The summed E-state index contributed by atoms with van der Waals surface area (Å²) in [6, 6.07) is 0. The molecular weight excluding hydrogens is 853 g/mol. The summed E-state index contributed by atoms with van der Waals surface area (Å²) in [5, 5.41) is 0. The minimum absolute atomic E-state index is 0.0623. The third kappa shape index (κ3) is 57.2. The highest BCUT2D eigenvalue weighted by atomic mass is 16.6. The van der Waals surface area contributed by atoms with Gasteiger partial charge in [-0.3, -0.25) is 14.4 Å². The Morgan fingerprint density at radius 1 is 0.232 bits per heavy atom. The highest BCUT2D eigenvalue weighted by Crippen LogP contribution is 2.19. The van der Waals surface area contributed by atoms with E-state index in [-0.39, 0.29) is 31.1 Å². The third-order valence-corrected chi connectivity index (χ3v) is 14.6. The SMILES string of the molecule is CCCCCCCCCCCCCCCCCCCCCCCCCCCCCCCCCC(=O)OCC(COC(=O)CCCCCCCC)OC(=O)CCCCCCCCCCCCCCCC. The van der Waals surface area contributed by atoms with Crippen LogP contribution in [0.3, 0.4) is 0 Å². The molecule has 0 rings (SSSR count). The summed E-state index contributed by atoms with van der Waals surface area (Å²) in [6.45, 7) is 6.65. The van der Waals surface area contributed by atoms with Gasteiger partial charge < -0.3 is 14.2 Å². The predicted octanol–water partition coefficient (Wildman–Crippen LogP) is 21.1. The van der Waals surface area contributed by atoms with Gasteiger partial charge in [-0.25, -0.2) is 0 Å². The van der Waals surface area contributed by atoms with Crippen LogP contribution in [0.4, 0.5) is 0 Å². The molecule has 0 spiro atoms. The zero-order valence-corrected chi connectivity index (χ0v) is 47.1. The van der Waals surface area contributed by atoms with E-state index in [1.54, 1.807) is 0 Å². The molecule has 0 aromatic carbocycles. The lowest BCUT2D eigenvalue weighted by Crippen LogP contribution is -2.30. The van der Waals surface area contributed by atoms with Crippen molar-refractivity contribution in [1.29, 1.82) is 0 Å². The number of carbonyl (C=O) groups excluding carboxylic acids is 3. The van der Waals surface area contributed by atoms with Gasteiger partial charge in [-0.15, -0.1) is 0 Å². The average molecular weight is 976 g/mol. The normalized spacial score (nSPS) is 11.9. The molecule has 0 aliphatic heterocycles. The van der Waals surface area contributed by atoms with Gasteiger partial charge in [-0.2, -0.15) is 0 Å². The Bertz CT molecular complexity index is 1030. The van der Waals surface area contributed by atoms with Gasteiger partial charge in [-0.1, -0.05) is 329 Å². The molecule has 0 heterocycles. The minimum Gasteiger partial charge on any atom is -0.462 e. The lowest BCUT2D eigenvalue weighted by molar-refractivity contribution is -0.167. The lowest BCUT2D eigenvalue weighted by atomic mass is 10.0. The van der Waals surface area contributed by atoms with Gasteiger partial charge in [-0.05, 0) is 19.3 Å². The molecule has 0 aromatic rings. The fraction of sp³-hybridized carbons (Fsp3) is 0.952. The van der Waals surface area contributed by atoms with Crippen molar-refractivity contribution in [1.82, 2.24) is 0 Å². The topological polar surface area (TPSA) is 78.9 Å². The smallest absolute Gasteiger partial charge is 0.306 e. The zero-order valence-electron chi connectivity index (χ0n) is 47.1. The number of hydrogen-bond donors (Lipinski definition) is 0. The summed E-state index contributed by atoms with van der Waals surface area (Å²) in [7, 11) is 0. The molecule has 69 heavy (non-hydrogen) atoms. The summed E-state index contributed by atoms with van der Waals surface area (Å²) >= 11 is 0. The number of unbranched alkanes of at least 4 members (excludes halogenated alkanes) is 48. The van der Waals surface area contributed by atoms with Gasteiger partial charge in [0.1, 0.15) is 13.2 Å². The molecule has 0 bridgehead atoms. The first-order chi connectivity index (χ1) is 34.0. The van der Waals surface area contributed by atoms with Gasteiger partial charge in [0.2, 0.25) is 0 Å². The summed E-state index contributed by atoms with van der Waals surface area (Å²) in [4.78, 5) is 37.9. The molecule has 6 heteroatoms. The van der Waals surface area contributed by atoms with Crippen molar-refractivity contribution in [2.75, 3.05) is 13.2 Å². The maximum atomic E-state index is 12.8. The molecule has 0 N–H and O–H groups in total. The first kappa shape index (κ1) is 67.4. The van der Waals surface area contributed by atoms with Crippen LogP contribution in [0, 0.1) is 0 Å². The first-order valence-electron chi connectivity index (χ1n) is 31.5. The fourth-order valence-electron chi connectivity index (χ4n) is 9.86. The van der Waals surface area contributed by atoms with Crippen LogP contribution in [-0.2, 0) is 28.6 Å². The first-order valence-corrected chi connectivity index (χ1v) is 31.5. The van der Waals surface area contributed by atoms with Crippen LogP contribution >= 0.6 is 0 Å². The Morgan fingerprint density at radius 3 is 0.580 bits per heavy atom. The number of rotatable bonds is 59. The second kappa shape index (κ2) is 59.0. The average Bonchev–Trinajstić information content (AvgIpc) is 3.35. The standard InChI is InChI=1S/C63H122O6/c1-4-7-10-13-16-18-20-22-24-25-26-27-28-29-30-31-32-33-34-35-36-37-38-39-40-42-43-45-47-50-53-56-62(65)68-59-60(58-67-61(64)55-52-49-15-12-9-6-3)69-63(66)57-54-51-48-46-44-41-23-21-19-17-14-11-8-5-2/h60H,4-59H2,1-3H3. The van der Waals surface area contributed by atoms with Crippen molar-refractivity contribution in [3.63, 3.8) is 0 Å². The van der Waals surface area contributed by atoms with Gasteiger partial charge in [0.15, 0.2) is 6.10 Å². The maximum absolute atomic E-state index is 12.8. The van der Waals surface area contributed by atoms with E-state index in [2.05, 4.69) is 20.8 Å². The van der Waals surface area contributed by atoms with Crippen LogP contribution < -0.4 is 0 Å². The summed E-state index contributed by atoms with van der Waals surface area (Å²) < 4.78 is 16.8. The van der Waals surface area contributed by atoms with Gasteiger partial charge in [0.25, 0.3) is 0 Å². The zero-order chi connectivity index (χ0) is 50.0. The fourth-order valence-corrected chi connectivity index (χ4v) is 9.86. The molecule has 410 valence electrons. The molecule has 0 aliphatic rings. The molecule has 1 atom stereocenters. The Kier molecular flexibility index (Phi) is 57.6. The molecule has 1 unspecified atom stereocenters. The van der Waals surface area contributed by atoms with Gasteiger partial charge >= 0.3 is 17.9 Å². The Morgan fingerprint density at radius 2 is 0.391 bits per heavy atom. The van der Waals surface area contributed by atoms with Gasteiger partial charge in [0, 0.05) is 19.3 Å². The second-order valence-electron chi connectivity index (χ2n) is 21.7. The van der Waals surface area contributed by atoms with Crippen LogP contribution in [0.1, 0.15) is 367 Å². The van der Waals surface area contributed by atoms with Crippen molar-refractivity contribution >= 4 is 17.9 Å². The van der Waals surface area contributed by atoms with E-state index in [1.165, 1.54) is 270 Å². The van der Waals surface area contributed by atoms with E-state index in [9.17, 15) is 14.4 Å². The Balaban J connectivity index is 3.89. The Hall–Kier alpha value is -1.59. The molecule has 0 radical (unpaired) electrons. The van der Waals surface area contributed by atoms with Crippen molar-refractivity contribution in [3.8, 4) is 0 Å². The van der Waals surface area contributed by atoms with Crippen LogP contribution in [0.15, 0.2) is 0 Å². The summed E-state index contributed by atoms with van der Waals surface area (Å²) in [5.74, 6) is -0.846. The monoisotopic (exact) mass is 975 g/mol. The van der Waals surface area contributed by atoms with Crippen molar-refractivity contribution in [2.45, 2.75) is 374 Å². The number of hydrogen-bond acceptors (Lipinski definition) is 6. The molecular formula is C63H122O6. The minimum atomic E-state index is -0.759. The highest BCUT2D eigenvalue weighted by Gasteiger charge is 2.19. The van der Waals surface area contributed by atoms with Crippen molar-refractivity contribution in [3.05, 3.63) is 0 Å².